The fourth-order valence-electron chi connectivity index (χ4n) is 2.25. The van der Waals surface area contributed by atoms with Crippen LogP contribution in [0.15, 0.2) is 65.6 Å². The second-order valence-electron chi connectivity index (χ2n) is 5.33. The Morgan fingerprint density at radius 3 is 2.44 bits per heavy atom. The lowest BCUT2D eigenvalue weighted by Crippen LogP contribution is -2.26. The highest BCUT2D eigenvalue weighted by atomic mass is 16.5. The Hall–Kier alpha value is -3.48. The number of carbonyl (C=O) groups is 2. The summed E-state index contributed by atoms with van der Waals surface area (Å²) < 4.78 is 4.64. The molecule has 2 amide bonds. The van der Waals surface area contributed by atoms with Gasteiger partial charge in [0.1, 0.15) is 6.26 Å². The maximum absolute atomic E-state index is 12.4. The minimum Gasteiger partial charge on any atom is -0.364 e. The summed E-state index contributed by atoms with van der Waals surface area (Å²) in [4.78, 5) is 29.7. The highest BCUT2D eigenvalue weighted by molar-refractivity contribution is 6.05. The van der Waals surface area contributed by atoms with Gasteiger partial charge in [-0.05, 0) is 29.8 Å². The first-order chi connectivity index (χ1) is 12.1. The molecule has 7 heteroatoms. The lowest BCUT2D eigenvalue weighted by molar-refractivity contribution is 0.0941. The van der Waals surface area contributed by atoms with Crippen molar-refractivity contribution in [2.75, 3.05) is 11.9 Å². The van der Waals surface area contributed by atoms with Crippen molar-refractivity contribution in [1.29, 1.82) is 0 Å². The van der Waals surface area contributed by atoms with E-state index in [0.717, 1.165) is 11.3 Å². The number of rotatable bonds is 5. The average Bonchev–Trinajstić information content (AvgIpc) is 3.21. The summed E-state index contributed by atoms with van der Waals surface area (Å²) >= 11 is 0. The largest absolute Gasteiger partial charge is 0.364 e. The second-order valence-corrected chi connectivity index (χ2v) is 5.33. The fraction of sp³-hybridized carbons (Fsp3) is 0.111. The standard InChI is InChI=1S/C18H16N4O3/c1-22(18(24)14-6-9-19-10-7-14)15-4-2-13(3-5-15)12-20-17(23)16-8-11-25-21-16/h2-11H,12H2,1H3,(H,20,23). The molecular weight excluding hydrogens is 320 g/mol. The van der Waals surface area contributed by atoms with Crippen LogP contribution in [0.3, 0.4) is 0 Å². The molecule has 2 heterocycles. The molecule has 0 fully saturated rings. The summed E-state index contributed by atoms with van der Waals surface area (Å²) in [5, 5.41) is 6.33. The Balaban J connectivity index is 1.62. The summed E-state index contributed by atoms with van der Waals surface area (Å²) in [6, 6.07) is 12.2. The van der Waals surface area contributed by atoms with Crippen LogP contribution in [0.5, 0.6) is 0 Å². The van der Waals surface area contributed by atoms with Crippen LogP contribution in [0.4, 0.5) is 5.69 Å². The van der Waals surface area contributed by atoms with Crippen molar-refractivity contribution in [1.82, 2.24) is 15.5 Å². The van der Waals surface area contributed by atoms with Crippen LogP contribution < -0.4 is 10.2 Å². The summed E-state index contributed by atoms with van der Waals surface area (Å²) in [6.45, 7) is 0.355. The minimum absolute atomic E-state index is 0.116. The molecule has 0 bridgehead atoms. The summed E-state index contributed by atoms with van der Waals surface area (Å²) in [5.74, 6) is -0.419. The third kappa shape index (κ3) is 3.89. The number of aromatic nitrogens is 2. The Kier molecular flexibility index (Phi) is 4.84. The van der Waals surface area contributed by atoms with Crippen molar-refractivity contribution in [3.05, 3.63) is 77.9 Å². The number of carbonyl (C=O) groups excluding carboxylic acids is 2. The van der Waals surface area contributed by atoms with Crippen LogP contribution in [0.25, 0.3) is 0 Å². The van der Waals surface area contributed by atoms with Gasteiger partial charge in [-0.15, -0.1) is 0 Å². The zero-order valence-corrected chi connectivity index (χ0v) is 13.5. The maximum atomic E-state index is 12.4. The molecule has 126 valence electrons. The first-order valence-corrected chi connectivity index (χ1v) is 7.61. The SMILES string of the molecule is CN(C(=O)c1ccncc1)c1ccc(CNC(=O)c2ccon2)cc1. The number of benzene rings is 1. The topological polar surface area (TPSA) is 88.3 Å². The van der Waals surface area contributed by atoms with Gasteiger partial charge in [0, 0.05) is 43.3 Å². The molecule has 25 heavy (non-hydrogen) atoms. The predicted molar refractivity (Wildman–Crippen MR) is 91.1 cm³/mol. The van der Waals surface area contributed by atoms with Gasteiger partial charge in [0.2, 0.25) is 0 Å². The fourth-order valence-corrected chi connectivity index (χ4v) is 2.25. The average molecular weight is 336 g/mol. The molecule has 0 radical (unpaired) electrons. The molecule has 1 N–H and O–H groups in total. The first kappa shape index (κ1) is 16.4. The summed E-state index contributed by atoms with van der Waals surface area (Å²) in [7, 11) is 1.71. The molecule has 7 nitrogen and oxygen atoms in total. The zero-order valence-electron chi connectivity index (χ0n) is 13.5. The first-order valence-electron chi connectivity index (χ1n) is 7.61. The van der Waals surface area contributed by atoms with Gasteiger partial charge in [-0.1, -0.05) is 17.3 Å². The van der Waals surface area contributed by atoms with Crippen LogP contribution in [0, 0.1) is 0 Å². The molecule has 0 atom stereocenters. The number of anilines is 1. The quantitative estimate of drug-likeness (QED) is 0.772. The number of nitrogens with zero attached hydrogens (tertiary/aromatic N) is 3. The normalized spacial score (nSPS) is 10.3. The van der Waals surface area contributed by atoms with Crippen LogP contribution in [0.2, 0.25) is 0 Å². The van der Waals surface area contributed by atoms with Crippen LogP contribution in [-0.2, 0) is 6.54 Å². The number of amides is 2. The van der Waals surface area contributed by atoms with E-state index in [1.165, 1.54) is 12.3 Å². The lowest BCUT2D eigenvalue weighted by atomic mass is 10.1. The van der Waals surface area contributed by atoms with Crippen molar-refractivity contribution in [3.63, 3.8) is 0 Å². The molecule has 0 saturated heterocycles. The molecule has 0 aliphatic carbocycles. The molecule has 0 saturated carbocycles. The maximum Gasteiger partial charge on any atom is 0.273 e. The van der Waals surface area contributed by atoms with Gasteiger partial charge < -0.3 is 14.7 Å². The number of pyridine rings is 1. The Morgan fingerprint density at radius 2 is 1.80 bits per heavy atom. The van der Waals surface area contributed by atoms with Gasteiger partial charge >= 0.3 is 0 Å². The lowest BCUT2D eigenvalue weighted by Gasteiger charge is -2.17. The Morgan fingerprint density at radius 1 is 1.08 bits per heavy atom. The van der Waals surface area contributed by atoms with E-state index in [2.05, 4.69) is 20.0 Å². The number of nitrogens with one attached hydrogen (secondary N) is 1. The Labute approximate surface area is 144 Å². The molecule has 0 unspecified atom stereocenters. The predicted octanol–water partition coefficient (Wildman–Crippen LogP) is 2.28. The van der Waals surface area contributed by atoms with E-state index >= 15 is 0 Å². The molecule has 0 aliphatic heterocycles. The third-order valence-electron chi connectivity index (χ3n) is 3.68. The summed E-state index contributed by atoms with van der Waals surface area (Å²) in [6.07, 6.45) is 4.52. The number of hydrogen-bond acceptors (Lipinski definition) is 5. The van der Waals surface area contributed by atoms with E-state index in [4.69, 9.17) is 0 Å². The third-order valence-corrected chi connectivity index (χ3v) is 3.68. The van der Waals surface area contributed by atoms with Crippen molar-refractivity contribution in [2.45, 2.75) is 6.54 Å². The highest BCUT2D eigenvalue weighted by Gasteiger charge is 2.13. The van der Waals surface area contributed by atoms with Crippen LogP contribution in [-0.4, -0.2) is 29.0 Å². The Bertz CT molecular complexity index is 846. The molecule has 0 spiro atoms. The van der Waals surface area contributed by atoms with E-state index < -0.39 is 0 Å². The van der Waals surface area contributed by atoms with Crippen molar-refractivity contribution in [2.24, 2.45) is 0 Å². The van der Waals surface area contributed by atoms with E-state index in [-0.39, 0.29) is 17.5 Å². The van der Waals surface area contributed by atoms with Gasteiger partial charge in [0.25, 0.3) is 11.8 Å². The number of hydrogen-bond donors (Lipinski definition) is 1. The van der Waals surface area contributed by atoms with Crippen molar-refractivity contribution >= 4 is 17.5 Å². The molecule has 0 aliphatic rings. The van der Waals surface area contributed by atoms with Crippen LogP contribution in [0.1, 0.15) is 26.4 Å². The van der Waals surface area contributed by atoms with Crippen LogP contribution >= 0.6 is 0 Å². The monoisotopic (exact) mass is 336 g/mol. The van der Waals surface area contributed by atoms with Gasteiger partial charge in [-0.2, -0.15) is 0 Å². The molecule has 2 aromatic heterocycles. The van der Waals surface area contributed by atoms with Crippen molar-refractivity contribution in [3.8, 4) is 0 Å². The van der Waals surface area contributed by atoms with E-state index in [0.29, 0.717) is 12.1 Å². The van der Waals surface area contributed by atoms with E-state index in [1.54, 1.807) is 36.5 Å². The second kappa shape index (κ2) is 7.39. The van der Waals surface area contributed by atoms with Gasteiger partial charge in [0.05, 0.1) is 0 Å². The van der Waals surface area contributed by atoms with Gasteiger partial charge in [-0.3, -0.25) is 14.6 Å². The smallest absolute Gasteiger partial charge is 0.273 e. The molecule has 3 rings (SSSR count). The molecular formula is C18H16N4O3. The van der Waals surface area contributed by atoms with E-state index in [9.17, 15) is 9.59 Å². The van der Waals surface area contributed by atoms with Gasteiger partial charge in [-0.25, -0.2) is 0 Å². The summed E-state index contributed by atoms with van der Waals surface area (Å²) in [5.41, 5.74) is 2.47. The van der Waals surface area contributed by atoms with E-state index in [1.807, 2.05) is 24.3 Å². The molecule has 1 aromatic carbocycles. The van der Waals surface area contributed by atoms with Gasteiger partial charge in [0.15, 0.2) is 5.69 Å². The van der Waals surface area contributed by atoms with Crippen molar-refractivity contribution < 1.29 is 14.1 Å². The highest BCUT2D eigenvalue weighted by Crippen LogP contribution is 2.16. The minimum atomic E-state index is -0.303. The zero-order chi connectivity index (χ0) is 17.6. The molecule has 3 aromatic rings.